The molecule has 0 N–H and O–H groups in total. The highest BCUT2D eigenvalue weighted by atomic mass is 32.2. The summed E-state index contributed by atoms with van der Waals surface area (Å²) in [5, 5.41) is -0.606. The number of carbonyl (C=O) groups is 3. The van der Waals surface area contributed by atoms with Crippen LogP contribution in [0.5, 0.6) is 0 Å². The number of furan rings is 1. The lowest BCUT2D eigenvalue weighted by Gasteiger charge is -2.30. The molecule has 3 amide bonds. The number of anilines is 1. The molecule has 1 aromatic carbocycles. The highest BCUT2D eigenvalue weighted by molar-refractivity contribution is 8.00. The van der Waals surface area contributed by atoms with Gasteiger partial charge in [0.05, 0.1) is 39.3 Å². The predicted molar refractivity (Wildman–Crippen MR) is 137 cm³/mol. The van der Waals surface area contributed by atoms with E-state index in [-0.39, 0.29) is 23.0 Å². The maximum atomic E-state index is 13.7. The Hall–Kier alpha value is -3.32. The molecule has 3 aliphatic heterocycles. The Morgan fingerprint density at radius 3 is 2.49 bits per heavy atom. The van der Waals surface area contributed by atoms with Crippen LogP contribution in [0.15, 0.2) is 56.9 Å². The number of carbonyl (C=O) groups excluding carboxylic acids is 3. The number of rotatable bonds is 4. The number of likely N-dealkylation sites (tertiary alicyclic amines) is 1. The molecule has 2 aromatic heterocycles. The quantitative estimate of drug-likeness (QED) is 0.429. The molecule has 6 rings (SSSR count). The van der Waals surface area contributed by atoms with Crippen molar-refractivity contribution in [1.29, 1.82) is 0 Å². The summed E-state index contributed by atoms with van der Waals surface area (Å²) < 4.78 is 47.1. The number of thiazole rings is 1. The number of imide groups is 1. The van der Waals surface area contributed by atoms with Crippen molar-refractivity contribution in [2.24, 2.45) is 5.92 Å². The standard InChI is InChI=1S/C26H22F3N3O5S2/c27-26(28,29)14-6-4-7-15(12-14)32-22(34)19-18(16-8-5-11-37-16)21-24(38-20(19)23(32)35)31(25(36)39-21)13-17(33)30-9-2-1-3-10-30/h4-8,11-12,18-20H,1-3,9-10,13H2/t18-,19?,20?/m1/s1. The Labute approximate surface area is 228 Å². The third kappa shape index (κ3) is 4.41. The number of aromatic nitrogens is 1. The van der Waals surface area contributed by atoms with Crippen LogP contribution in [0.2, 0.25) is 0 Å². The molecule has 39 heavy (non-hydrogen) atoms. The minimum absolute atomic E-state index is 0.172. The molecule has 5 heterocycles. The summed E-state index contributed by atoms with van der Waals surface area (Å²) in [4.78, 5) is 56.2. The van der Waals surface area contributed by atoms with Gasteiger partial charge < -0.3 is 9.32 Å². The Morgan fingerprint density at radius 1 is 1.03 bits per heavy atom. The Morgan fingerprint density at radius 2 is 1.79 bits per heavy atom. The smallest absolute Gasteiger partial charge is 0.416 e. The third-order valence-corrected chi connectivity index (χ3v) is 9.94. The number of fused-ring (bicyclic) bond motifs is 2. The van der Waals surface area contributed by atoms with Crippen molar-refractivity contribution in [3.63, 3.8) is 0 Å². The molecule has 2 saturated heterocycles. The first-order valence-electron chi connectivity index (χ1n) is 12.4. The molecule has 0 spiro atoms. The van der Waals surface area contributed by atoms with Gasteiger partial charge in [0, 0.05) is 13.1 Å². The van der Waals surface area contributed by atoms with Crippen molar-refractivity contribution < 1.29 is 32.0 Å². The minimum atomic E-state index is -4.65. The van der Waals surface area contributed by atoms with Gasteiger partial charge in [-0.1, -0.05) is 29.2 Å². The minimum Gasteiger partial charge on any atom is -0.469 e. The molecule has 13 heteroatoms. The van der Waals surface area contributed by atoms with Crippen LogP contribution in [0.1, 0.15) is 41.4 Å². The number of hydrogen-bond acceptors (Lipinski definition) is 7. The average Bonchev–Trinajstić information content (AvgIpc) is 3.61. The van der Waals surface area contributed by atoms with Gasteiger partial charge in [0.1, 0.15) is 17.6 Å². The van der Waals surface area contributed by atoms with Crippen molar-refractivity contribution in [3.8, 4) is 0 Å². The maximum Gasteiger partial charge on any atom is 0.416 e. The Bertz CT molecular complexity index is 1510. The largest absolute Gasteiger partial charge is 0.469 e. The molecule has 0 aliphatic carbocycles. The second-order valence-corrected chi connectivity index (χ2v) is 11.8. The van der Waals surface area contributed by atoms with E-state index in [0.717, 1.165) is 65.5 Å². The molecule has 204 valence electrons. The fourth-order valence-corrected chi connectivity index (χ4v) is 8.24. The van der Waals surface area contributed by atoms with Crippen LogP contribution in [0.4, 0.5) is 18.9 Å². The van der Waals surface area contributed by atoms with E-state index in [0.29, 0.717) is 28.8 Å². The van der Waals surface area contributed by atoms with E-state index in [2.05, 4.69) is 0 Å². The van der Waals surface area contributed by atoms with Gasteiger partial charge in [-0.3, -0.25) is 23.7 Å². The topological polar surface area (TPSA) is 92.8 Å². The third-order valence-electron chi connectivity index (χ3n) is 7.33. The van der Waals surface area contributed by atoms with Crippen LogP contribution >= 0.6 is 23.1 Å². The normalized spacial score (nSPS) is 23.2. The molecular weight excluding hydrogens is 555 g/mol. The molecule has 8 nitrogen and oxygen atoms in total. The van der Waals surface area contributed by atoms with Crippen molar-refractivity contribution in [1.82, 2.24) is 9.47 Å². The monoisotopic (exact) mass is 577 g/mol. The Balaban J connectivity index is 1.40. The maximum absolute atomic E-state index is 13.7. The van der Waals surface area contributed by atoms with Gasteiger partial charge in [0.25, 0.3) is 0 Å². The predicted octanol–water partition coefficient (Wildman–Crippen LogP) is 4.33. The van der Waals surface area contributed by atoms with E-state index in [9.17, 15) is 32.3 Å². The highest BCUT2D eigenvalue weighted by Crippen LogP contribution is 2.54. The van der Waals surface area contributed by atoms with Gasteiger partial charge in [0.2, 0.25) is 17.7 Å². The Kier molecular flexibility index (Phi) is 6.45. The second kappa shape index (κ2) is 9.70. The first-order valence-corrected chi connectivity index (χ1v) is 14.1. The van der Waals surface area contributed by atoms with Gasteiger partial charge in [0.15, 0.2) is 0 Å². The molecule has 2 fully saturated rings. The van der Waals surface area contributed by atoms with E-state index < -0.39 is 40.6 Å². The van der Waals surface area contributed by atoms with Gasteiger partial charge in [-0.2, -0.15) is 13.2 Å². The first-order chi connectivity index (χ1) is 18.6. The number of hydrogen-bond donors (Lipinski definition) is 0. The molecule has 3 atom stereocenters. The van der Waals surface area contributed by atoms with Crippen LogP contribution in [0.25, 0.3) is 0 Å². The van der Waals surface area contributed by atoms with Gasteiger partial charge in [-0.25, -0.2) is 4.90 Å². The zero-order chi connectivity index (χ0) is 27.5. The molecule has 3 aromatic rings. The number of piperidine rings is 1. The van der Waals surface area contributed by atoms with Gasteiger partial charge in [-0.15, -0.1) is 0 Å². The van der Waals surface area contributed by atoms with Crippen LogP contribution in [0, 0.1) is 5.92 Å². The van der Waals surface area contributed by atoms with Crippen LogP contribution in [-0.4, -0.2) is 45.5 Å². The summed E-state index contributed by atoms with van der Waals surface area (Å²) in [6, 6.07) is 7.35. The molecule has 0 bridgehead atoms. The lowest BCUT2D eigenvalue weighted by atomic mass is 9.87. The van der Waals surface area contributed by atoms with E-state index >= 15 is 0 Å². The molecule has 2 unspecified atom stereocenters. The van der Waals surface area contributed by atoms with Gasteiger partial charge >= 0.3 is 11.0 Å². The fourth-order valence-electron chi connectivity index (χ4n) is 5.48. The van der Waals surface area contributed by atoms with Crippen LogP contribution < -0.4 is 9.77 Å². The number of benzene rings is 1. The zero-order valence-electron chi connectivity index (χ0n) is 20.3. The summed E-state index contributed by atoms with van der Waals surface area (Å²) >= 11 is 1.90. The highest BCUT2D eigenvalue weighted by Gasteiger charge is 2.57. The number of nitrogens with zero attached hydrogens (tertiary/aromatic N) is 3. The fraction of sp³-hybridized carbons (Fsp3) is 0.385. The van der Waals surface area contributed by atoms with E-state index in [4.69, 9.17) is 4.42 Å². The van der Waals surface area contributed by atoms with Crippen molar-refractivity contribution >= 4 is 46.5 Å². The number of amides is 3. The first kappa shape index (κ1) is 25.9. The molecular formula is C26H22F3N3O5S2. The van der Waals surface area contributed by atoms with Gasteiger partial charge in [-0.05, 0) is 49.6 Å². The summed E-state index contributed by atoms with van der Waals surface area (Å²) in [5.41, 5.74) is -1.15. The van der Waals surface area contributed by atoms with Crippen molar-refractivity contribution in [2.45, 2.75) is 48.2 Å². The number of halogens is 3. The molecule has 0 radical (unpaired) electrons. The van der Waals surface area contributed by atoms with Crippen molar-refractivity contribution in [2.75, 3.05) is 18.0 Å². The lowest BCUT2D eigenvalue weighted by Crippen LogP contribution is -2.39. The van der Waals surface area contributed by atoms with E-state index in [1.165, 1.54) is 16.9 Å². The van der Waals surface area contributed by atoms with Crippen LogP contribution in [0.3, 0.4) is 0 Å². The summed E-state index contributed by atoms with van der Waals surface area (Å²) in [5.74, 6) is -2.99. The molecule has 3 aliphatic rings. The van der Waals surface area contributed by atoms with E-state index in [1.54, 1.807) is 17.0 Å². The second-order valence-electron chi connectivity index (χ2n) is 9.68. The number of alkyl halides is 3. The van der Waals surface area contributed by atoms with Crippen molar-refractivity contribution in [3.05, 3.63) is 68.5 Å². The summed E-state index contributed by atoms with van der Waals surface area (Å²) in [6.07, 6.45) is -0.412. The average molecular weight is 578 g/mol. The number of thioether (sulfide) groups is 1. The SMILES string of the molecule is O=C(Cn1c2c(sc1=O)[C@H](c1ccco1)C1C(=O)N(c3cccc(C(F)(F)F)c3)C(=O)C1S2)N1CCCCC1. The summed E-state index contributed by atoms with van der Waals surface area (Å²) in [7, 11) is 0. The lowest BCUT2D eigenvalue weighted by molar-refractivity contribution is -0.137. The van der Waals surface area contributed by atoms with Crippen LogP contribution in [-0.2, 0) is 27.1 Å². The molecule has 0 saturated carbocycles. The van der Waals surface area contributed by atoms with E-state index in [1.807, 2.05) is 0 Å². The summed E-state index contributed by atoms with van der Waals surface area (Å²) in [6.45, 7) is 1.04. The zero-order valence-corrected chi connectivity index (χ0v) is 22.0.